The smallest absolute Gasteiger partial charge is 0.382 e. The predicted octanol–water partition coefficient (Wildman–Crippen LogP) is 8.29. The molecule has 0 aliphatic carbocycles. The normalized spacial score (nSPS) is 13.2. The molecular formula is C22H13ClF8O. The van der Waals surface area contributed by atoms with Crippen molar-refractivity contribution in [2.24, 2.45) is 0 Å². The summed E-state index contributed by atoms with van der Waals surface area (Å²) in [6.45, 7) is 0. The lowest BCUT2D eigenvalue weighted by molar-refractivity contribution is -0.374. The molecule has 3 rings (SSSR count). The van der Waals surface area contributed by atoms with Gasteiger partial charge in [0.2, 0.25) is 0 Å². The lowest BCUT2D eigenvalue weighted by atomic mass is 9.90. The van der Waals surface area contributed by atoms with Crippen molar-refractivity contribution in [3.63, 3.8) is 0 Å². The van der Waals surface area contributed by atoms with Gasteiger partial charge < -0.3 is 4.74 Å². The van der Waals surface area contributed by atoms with Crippen molar-refractivity contribution in [2.45, 2.75) is 23.7 Å². The van der Waals surface area contributed by atoms with E-state index in [-0.39, 0.29) is 5.75 Å². The highest BCUT2D eigenvalue weighted by Crippen LogP contribution is 2.59. The second-order valence-electron chi connectivity index (χ2n) is 6.75. The number of alkyl halides is 8. The highest BCUT2D eigenvalue weighted by Gasteiger charge is 2.81. The summed E-state index contributed by atoms with van der Waals surface area (Å²) in [7, 11) is 0. The highest BCUT2D eigenvalue weighted by atomic mass is 35.5. The molecule has 0 aliphatic heterocycles. The number of rotatable bonds is 7. The summed E-state index contributed by atoms with van der Waals surface area (Å²) >= 11 is 5.45. The number of ether oxygens (including phenoxy) is 1. The quantitative estimate of drug-likeness (QED) is 0.309. The van der Waals surface area contributed by atoms with E-state index in [2.05, 4.69) is 0 Å². The molecule has 0 amide bonds. The van der Waals surface area contributed by atoms with Gasteiger partial charge in [-0.1, -0.05) is 41.9 Å². The first-order valence-corrected chi connectivity index (χ1v) is 9.29. The Labute approximate surface area is 182 Å². The van der Waals surface area contributed by atoms with Crippen molar-refractivity contribution >= 4 is 11.6 Å². The average Bonchev–Trinajstić information content (AvgIpc) is 2.74. The fraction of sp³-hybridized carbons (Fsp3) is 0.182. The van der Waals surface area contributed by atoms with Gasteiger partial charge in [-0.05, 0) is 48.5 Å². The van der Waals surface area contributed by atoms with Gasteiger partial charge in [0.05, 0.1) is 0 Å². The lowest BCUT2D eigenvalue weighted by Crippen LogP contribution is -2.59. The van der Waals surface area contributed by atoms with Crippen LogP contribution in [-0.4, -0.2) is 11.8 Å². The maximum absolute atomic E-state index is 14.5. The number of hydrogen-bond acceptors (Lipinski definition) is 1. The fourth-order valence-corrected chi connectivity index (χ4v) is 2.99. The van der Waals surface area contributed by atoms with E-state index in [0.29, 0.717) is 30.0 Å². The second kappa shape index (κ2) is 8.27. The molecule has 0 atom stereocenters. The van der Waals surface area contributed by atoms with Gasteiger partial charge in [-0.2, -0.15) is 35.1 Å². The van der Waals surface area contributed by atoms with E-state index in [4.69, 9.17) is 16.3 Å². The molecule has 0 N–H and O–H groups in total. The Hall–Kier alpha value is -2.81. The first kappa shape index (κ1) is 23.8. The minimum atomic E-state index is -6.46. The zero-order valence-corrected chi connectivity index (χ0v) is 16.6. The molecule has 3 aromatic rings. The first-order valence-electron chi connectivity index (χ1n) is 8.91. The van der Waals surface area contributed by atoms with Crippen molar-refractivity contribution in [1.82, 2.24) is 0 Å². The maximum Gasteiger partial charge on any atom is 0.382 e. The number of halogens is 9. The number of para-hydroxylation sites is 1. The van der Waals surface area contributed by atoms with E-state index >= 15 is 0 Å². The van der Waals surface area contributed by atoms with E-state index in [1.54, 1.807) is 18.2 Å². The van der Waals surface area contributed by atoms with Gasteiger partial charge in [-0.25, -0.2) is 0 Å². The summed E-state index contributed by atoms with van der Waals surface area (Å²) in [6, 6.07) is 13.0. The topological polar surface area (TPSA) is 9.23 Å². The van der Waals surface area contributed by atoms with Crippen molar-refractivity contribution in [3.05, 3.63) is 95.0 Å². The van der Waals surface area contributed by atoms with Gasteiger partial charge in [-0.15, -0.1) is 0 Å². The summed E-state index contributed by atoms with van der Waals surface area (Å²) < 4.78 is 120. The maximum atomic E-state index is 14.5. The molecule has 0 heterocycles. The summed E-state index contributed by atoms with van der Waals surface area (Å²) in [6.07, 6.45) is 0. The Kier molecular flexibility index (Phi) is 6.16. The van der Waals surface area contributed by atoms with E-state index < -0.39 is 39.8 Å². The zero-order valence-electron chi connectivity index (χ0n) is 15.8. The molecule has 0 fully saturated rings. The lowest BCUT2D eigenvalue weighted by Gasteiger charge is -2.37. The molecule has 0 aromatic heterocycles. The minimum Gasteiger partial charge on any atom is -0.457 e. The van der Waals surface area contributed by atoms with E-state index in [1.807, 2.05) is 0 Å². The molecule has 3 aromatic carbocycles. The Morgan fingerprint density at radius 3 is 1.56 bits per heavy atom. The van der Waals surface area contributed by atoms with E-state index in [1.165, 1.54) is 12.1 Å². The van der Waals surface area contributed by atoms with Crippen LogP contribution in [0.25, 0.3) is 0 Å². The first-order chi connectivity index (χ1) is 14.8. The monoisotopic (exact) mass is 480 g/mol. The van der Waals surface area contributed by atoms with Crippen LogP contribution < -0.4 is 4.74 Å². The standard InChI is InChI=1S/C22H13ClF8O/c23-16-6-4-5-15(13-16)20(26,27)22(30,31)21(28,29)19(24,25)14-9-11-18(12-10-14)32-17-7-2-1-3-8-17/h1-13H. The number of hydrogen-bond donors (Lipinski definition) is 0. The Morgan fingerprint density at radius 1 is 0.531 bits per heavy atom. The van der Waals surface area contributed by atoms with Crippen LogP contribution >= 0.6 is 11.6 Å². The molecule has 0 spiro atoms. The van der Waals surface area contributed by atoms with Crippen LogP contribution in [0.5, 0.6) is 11.5 Å². The third-order valence-electron chi connectivity index (χ3n) is 4.57. The van der Waals surface area contributed by atoms with E-state index in [9.17, 15) is 35.1 Å². The van der Waals surface area contributed by atoms with Crippen LogP contribution in [0.15, 0.2) is 78.9 Å². The average molecular weight is 481 g/mol. The number of benzene rings is 3. The van der Waals surface area contributed by atoms with Crippen LogP contribution in [0.3, 0.4) is 0 Å². The zero-order chi connectivity index (χ0) is 23.8. The van der Waals surface area contributed by atoms with Gasteiger partial charge >= 0.3 is 23.7 Å². The Balaban J connectivity index is 1.93. The molecule has 0 saturated heterocycles. The Morgan fingerprint density at radius 2 is 1.03 bits per heavy atom. The summed E-state index contributed by atoms with van der Waals surface area (Å²) in [5, 5.41) is -0.456. The summed E-state index contributed by atoms with van der Waals surface area (Å²) in [5.74, 6) is -24.0. The van der Waals surface area contributed by atoms with Crippen molar-refractivity contribution < 1.29 is 39.9 Å². The van der Waals surface area contributed by atoms with Gasteiger partial charge in [-0.3, -0.25) is 0 Å². The molecule has 32 heavy (non-hydrogen) atoms. The molecule has 170 valence electrons. The van der Waals surface area contributed by atoms with Crippen molar-refractivity contribution in [3.8, 4) is 11.5 Å². The van der Waals surface area contributed by atoms with Crippen LogP contribution in [0.1, 0.15) is 11.1 Å². The van der Waals surface area contributed by atoms with Crippen molar-refractivity contribution in [2.75, 3.05) is 0 Å². The third kappa shape index (κ3) is 4.01. The van der Waals surface area contributed by atoms with Gasteiger partial charge in [0, 0.05) is 16.1 Å². The SMILES string of the molecule is FC(F)(c1ccc(Oc2ccccc2)cc1)C(F)(F)C(F)(F)C(F)(F)c1cccc(Cl)c1. The van der Waals surface area contributed by atoms with Gasteiger partial charge in [0.25, 0.3) is 0 Å². The molecule has 0 bridgehead atoms. The van der Waals surface area contributed by atoms with Gasteiger partial charge in [0.15, 0.2) is 0 Å². The molecular weight excluding hydrogens is 468 g/mol. The van der Waals surface area contributed by atoms with Gasteiger partial charge in [0.1, 0.15) is 11.5 Å². The molecule has 0 radical (unpaired) electrons. The van der Waals surface area contributed by atoms with Crippen LogP contribution in [0, 0.1) is 0 Å². The molecule has 1 nitrogen and oxygen atoms in total. The van der Waals surface area contributed by atoms with Crippen molar-refractivity contribution in [1.29, 1.82) is 0 Å². The highest BCUT2D eigenvalue weighted by molar-refractivity contribution is 6.30. The summed E-state index contributed by atoms with van der Waals surface area (Å²) in [4.78, 5) is 0. The molecule has 10 heteroatoms. The van der Waals surface area contributed by atoms with Crippen LogP contribution in [-0.2, 0) is 11.8 Å². The molecule has 0 aliphatic rings. The fourth-order valence-electron chi connectivity index (χ4n) is 2.80. The second-order valence-corrected chi connectivity index (χ2v) is 7.18. The summed E-state index contributed by atoms with van der Waals surface area (Å²) in [5.41, 5.74) is -3.22. The molecule has 0 saturated carbocycles. The predicted molar refractivity (Wildman–Crippen MR) is 102 cm³/mol. The largest absolute Gasteiger partial charge is 0.457 e. The Bertz CT molecular complexity index is 1070. The minimum absolute atomic E-state index is 0.0601. The molecule has 0 unspecified atom stereocenters. The van der Waals surface area contributed by atoms with Crippen LogP contribution in [0.2, 0.25) is 5.02 Å². The van der Waals surface area contributed by atoms with Crippen LogP contribution in [0.4, 0.5) is 35.1 Å². The third-order valence-corrected chi connectivity index (χ3v) is 4.80. The van der Waals surface area contributed by atoms with E-state index in [0.717, 1.165) is 24.3 Å².